The molecule has 1 saturated carbocycles. The Morgan fingerprint density at radius 2 is 1.76 bits per heavy atom. The molecule has 2 heterocycles. The standard InChI is InChI=1S/C23H23F3N4O4/c1-33-13-22(21(31)32)10-8-17(9-11-22)34-18-7-6-16(12-27-18)14-2-4-15(5-3-14)19-28-20(30-29-19)23(24,25)26/h2-7,12,17H,8-11,13H2,1H3,(H,31,32)(H,28,29,30). The minimum Gasteiger partial charge on any atom is -0.481 e. The van der Waals surface area contributed by atoms with Crippen molar-refractivity contribution < 1.29 is 32.5 Å². The summed E-state index contributed by atoms with van der Waals surface area (Å²) >= 11 is 0. The zero-order valence-corrected chi connectivity index (χ0v) is 18.3. The summed E-state index contributed by atoms with van der Waals surface area (Å²) in [7, 11) is 1.50. The number of nitrogens with one attached hydrogen (secondary N) is 1. The van der Waals surface area contributed by atoms with E-state index in [-0.39, 0.29) is 18.5 Å². The number of halogens is 3. The zero-order valence-electron chi connectivity index (χ0n) is 18.3. The van der Waals surface area contributed by atoms with Crippen LogP contribution in [0.4, 0.5) is 13.2 Å². The van der Waals surface area contributed by atoms with Gasteiger partial charge in [0.05, 0.1) is 12.0 Å². The minimum atomic E-state index is -4.58. The van der Waals surface area contributed by atoms with Gasteiger partial charge in [-0.2, -0.15) is 18.3 Å². The Bertz CT molecular complexity index is 1120. The predicted octanol–water partition coefficient (Wildman–Crippen LogP) is 4.59. The normalized spacial score (nSPS) is 20.8. The van der Waals surface area contributed by atoms with E-state index >= 15 is 0 Å². The van der Waals surface area contributed by atoms with Crippen LogP contribution in [-0.4, -0.2) is 51.1 Å². The van der Waals surface area contributed by atoms with E-state index in [2.05, 4.69) is 15.1 Å². The maximum atomic E-state index is 12.7. The molecule has 1 aromatic carbocycles. The molecular formula is C23H23F3N4O4. The van der Waals surface area contributed by atoms with Crippen LogP contribution in [0.15, 0.2) is 42.6 Å². The summed E-state index contributed by atoms with van der Waals surface area (Å²) in [4.78, 5) is 19.5. The smallest absolute Gasteiger partial charge is 0.451 e. The van der Waals surface area contributed by atoms with Crippen molar-refractivity contribution in [1.29, 1.82) is 0 Å². The molecule has 4 rings (SSSR count). The maximum Gasteiger partial charge on any atom is 0.451 e. The molecule has 2 N–H and O–H groups in total. The van der Waals surface area contributed by atoms with E-state index in [1.54, 1.807) is 36.5 Å². The van der Waals surface area contributed by atoms with Crippen LogP contribution in [-0.2, 0) is 15.7 Å². The number of aliphatic carboxylic acids is 1. The van der Waals surface area contributed by atoms with Crippen molar-refractivity contribution in [2.45, 2.75) is 38.0 Å². The Morgan fingerprint density at radius 3 is 2.29 bits per heavy atom. The number of H-pyrrole nitrogens is 1. The van der Waals surface area contributed by atoms with Crippen molar-refractivity contribution in [3.05, 3.63) is 48.4 Å². The number of rotatable bonds is 7. The van der Waals surface area contributed by atoms with Crippen LogP contribution in [0.5, 0.6) is 5.88 Å². The van der Waals surface area contributed by atoms with Crippen LogP contribution < -0.4 is 4.74 Å². The molecule has 11 heteroatoms. The van der Waals surface area contributed by atoms with E-state index in [9.17, 15) is 23.1 Å². The molecule has 1 aliphatic carbocycles. The van der Waals surface area contributed by atoms with Crippen LogP contribution in [0, 0.1) is 5.41 Å². The number of aromatic nitrogens is 4. The fourth-order valence-electron chi connectivity index (χ4n) is 4.08. The van der Waals surface area contributed by atoms with Gasteiger partial charge in [-0.3, -0.25) is 9.89 Å². The molecule has 0 bridgehead atoms. The molecule has 3 aromatic rings. The molecule has 1 aliphatic rings. The second kappa shape index (κ2) is 9.41. The first-order valence-electron chi connectivity index (χ1n) is 10.7. The van der Waals surface area contributed by atoms with Gasteiger partial charge >= 0.3 is 12.1 Å². The number of hydrogen-bond acceptors (Lipinski definition) is 6. The van der Waals surface area contributed by atoms with Crippen molar-refractivity contribution in [2.75, 3.05) is 13.7 Å². The molecule has 0 atom stereocenters. The number of pyridine rings is 1. The van der Waals surface area contributed by atoms with E-state index in [1.807, 2.05) is 11.2 Å². The molecule has 0 spiro atoms. The van der Waals surface area contributed by atoms with Crippen LogP contribution in [0.3, 0.4) is 0 Å². The van der Waals surface area contributed by atoms with E-state index in [4.69, 9.17) is 9.47 Å². The number of carbonyl (C=O) groups is 1. The van der Waals surface area contributed by atoms with Gasteiger partial charge < -0.3 is 14.6 Å². The van der Waals surface area contributed by atoms with Gasteiger partial charge in [0, 0.05) is 30.5 Å². The van der Waals surface area contributed by atoms with Gasteiger partial charge in [-0.05, 0) is 37.3 Å². The number of aromatic amines is 1. The molecule has 180 valence electrons. The van der Waals surface area contributed by atoms with Crippen LogP contribution in [0.1, 0.15) is 31.5 Å². The molecule has 0 radical (unpaired) electrons. The summed E-state index contributed by atoms with van der Waals surface area (Å²) in [6, 6.07) is 10.3. The third-order valence-electron chi connectivity index (χ3n) is 6.02. The second-order valence-electron chi connectivity index (χ2n) is 8.30. The van der Waals surface area contributed by atoms with Crippen molar-refractivity contribution in [1.82, 2.24) is 20.2 Å². The van der Waals surface area contributed by atoms with Gasteiger partial charge in [0.15, 0.2) is 5.82 Å². The first-order chi connectivity index (χ1) is 16.2. The van der Waals surface area contributed by atoms with Crippen LogP contribution in [0.2, 0.25) is 0 Å². The molecule has 1 fully saturated rings. The molecule has 0 unspecified atom stereocenters. The lowest BCUT2D eigenvalue weighted by Crippen LogP contribution is -2.41. The summed E-state index contributed by atoms with van der Waals surface area (Å²) < 4.78 is 49.2. The van der Waals surface area contributed by atoms with Gasteiger partial charge in [-0.25, -0.2) is 9.97 Å². The van der Waals surface area contributed by atoms with E-state index in [0.29, 0.717) is 37.1 Å². The highest BCUT2D eigenvalue weighted by Gasteiger charge is 2.42. The largest absolute Gasteiger partial charge is 0.481 e. The SMILES string of the molecule is COCC1(C(=O)O)CCC(Oc2ccc(-c3ccc(-c4n[nH]c(C(F)(F)F)n4)cc3)cn2)CC1. The van der Waals surface area contributed by atoms with Gasteiger partial charge in [-0.1, -0.05) is 24.3 Å². The number of alkyl halides is 3. The van der Waals surface area contributed by atoms with Gasteiger partial charge in [0.1, 0.15) is 6.10 Å². The fraction of sp³-hybridized carbons (Fsp3) is 0.391. The first kappa shape index (κ1) is 23.7. The Morgan fingerprint density at radius 1 is 1.12 bits per heavy atom. The molecule has 8 nitrogen and oxygen atoms in total. The third-order valence-corrected chi connectivity index (χ3v) is 6.02. The summed E-state index contributed by atoms with van der Waals surface area (Å²) in [5, 5.41) is 15.1. The molecule has 2 aromatic heterocycles. The Labute approximate surface area is 193 Å². The lowest BCUT2D eigenvalue weighted by atomic mass is 9.73. The lowest BCUT2D eigenvalue weighted by molar-refractivity contribution is -0.156. The molecule has 34 heavy (non-hydrogen) atoms. The average molecular weight is 476 g/mol. The highest BCUT2D eigenvalue weighted by atomic mass is 19.4. The number of methoxy groups -OCH3 is 1. The first-order valence-corrected chi connectivity index (χ1v) is 10.7. The summed E-state index contributed by atoms with van der Waals surface area (Å²) in [6.07, 6.45) is -0.919. The number of benzene rings is 1. The minimum absolute atomic E-state index is 0.0364. The monoisotopic (exact) mass is 476 g/mol. The number of hydrogen-bond donors (Lipinski definition) is 2. The quantitative estimate of drug-likeness (QED) is 0.513. The lowest BCUT2D eigenvalue weighted by Gasteiger charge is -2.36. The molecule has 0 amide bonds. The Hall–Kier alpha value is -3.47. The van der Waals surface area contributed by atoms with Crippen molar-refractivity contribution >= 4 is 5.97 Å². The topological polar surface area (TPSA) is 110 Å². The number of carboxylic acids is 1. The zero-order chi connectivity index (χ0) is 24.3. The second-order valence-corrected chi connectivity index (χ2v) is 8.30. The van der Waals surface area contributed by atoms with E-state index in [1.165, 1.54) is 7.11 Å². The summed E-state index contributed by atoms with van der Waals surface area (Å²) in [5.74, 6) is -1.58. The molecular weight excluding hydrogens is 453 g/mol. The van der Waals surface area contributed by atoms with E-state index < -0.39 is 23.4 Å². The number of nitrogens with zero attached hydrogens (tertiary/aromatic N) is 3. The van der Waals surface area contributed by atoms with Crippen molar-refractivity contribution in [3.8, 4) is 28.4 Å². The highest BCUT2D eigenvalue weighted by molar-refractivity contribution is 5.75. The maximum absolute atomic E-state index is 12.7. The molecule has 0 aliphatic heterocycles. The molecule has 0 saturated heterocycles. The van der Waals surface area contributed by atoms with Crippen LogP contribution >= 0.6 is 0 Å². The highest BCUT2D eigenvalue weighted by Crippen LogP contribution is 2.38. The van der Waals surface area contributed by atoms with Crippen molar-refractivity contribution in [3.63, 3.8) is 0 Å². The Kier molecular flexibility index (Phi) is 6.56. The van der Waals surface area contributed by atoms with Gasteiger partial charge in [0.25, 0.3) is 0 Å². The number of ether oxygens (including phenoxy) is 2. The summed E-state index contributed by atoms with van der Waals surface area (Å²) in [5.41, 5.74) is 1.21. The average Bonchev–Trinajstić information content (AvgIpc) is 3.32. The Balaban J connectivity index is 1.38. The fourth-order valence-corrected chi connectivity index (χ4v) is 4.08. The van der Waals surface area contributed by atoms with Gasteiger partial charge in [0.2, 0.25) is 11.7 Å². The number of carboxylic acid groups (broad SMARTS) is 1. The van der Waals surface area contributed by atoms with Crippen molar-refractivity contribution in [2.24, 2.45) is 5.41 Å². The predicted molar refractivity (Wildman–Crippen MR) is 115 cm³/mol. The van der Waals surface area contributed by atoms with E-state index in [0.717, 1.165) is 11.1 Å². The van der Waals surface area contributed by atoms with Crippen LogP contribution in [0.25, 0.3) is 22.5 Å². The third kappa shape index (κ3) is 5.04. The van der Waals surface area contributed by atoms with Gasteiger partial charge in [-0.15, -0.1) is 0 Å². The summed E-state index contributed by atoms with van der Waals surface area (Å²) in [6.45, 7) is 0.181.